The molecular weight excluding hydrogens is 385 g/mol. The number of alkyl halides is 1. The average molecular weight is 413 g/mol. The molecule has 3 rings (SSSR count). The number of nitrogens with zero attached hydrogens (tertiary/aromatic N) is 2. The summed E-state index contributed by atoms with van der Waals surface area (Å²) in [5.74, 6) is -0.0841. The maximum atomic E-state index is 12.4. The molecule has 0 spiro atoms. The first-order chi connectivity index (χ1) is 14.0. The zero-order chi connectivity index (χ0) is 20.9. The average Bonchev–Trinajstić information content (AvgIpc) is 2.66. The van der Waals surface area contributed by atoms with Crippen molar-refractivity contribution >= 4 is 11.6 Å². The highest BCUT2D eigenvalue weighted by molar-refractivity contribution is 5.93. The number of rotatable bonds is 11. The number of carbonyl (C=O) groups excluding carboxylic acids is 1. The first kappa shape index (κ1) is 21.7. The Hall–Kier alpha value is -2.01. The van der Waals surface area contributed by atoms with Crippen LogP contribution in [0.5, 0.6) is 5.88 Å². The van der Waals surface area contributed by atoms with Gasteiger partial charge in [0.1, 0.15) is 18.0 Å². The first-order valence-electron chi connectivity index (χ1n) is 9.55. The Morgan fingerprint density at radius 2 is 2.21 bits per heavy atom. The van der Waals surface area contributed by atoms with Crippen molar-refractivity contribution in [2.45, 2.75) is 19.1 Å². The number of carbonyl (C=O) groups is 1. The molecule has 0 aromatic carbocycles. The summed E-state index contributed by atoms with van der Waals surface area (Å²) in [6.45, 7) is 3.28. The number of amides is 1. The number of aliphatic hydroxyl groups is 1. The van der Waals surface area contributed by atoms with Gasteiger partial charge in [0.05, 0.1) is 37.9 Å². The van der Waals surface area contributed by atoms with Gasteiger partial charge >= 0.3 is 0 Å². The summed E-state index contributed by atoms with van der Waals surface area (Å²) in [5, 5.41) is 11.8. The highest BCUT2D eigenvalue weighted by atomic mass is 19.1. The second-order valence-electron chi connectivity index (χ2n) is 7.58. The highest BCUT2D eigenvalue weighted by Crippen LogP contribution is 2.34. The predicted molar refractivity (Wildman–Crippen MR) is 102 cm³/mol. The Labute approximate surface area is 169 Å². The van der Waals surface area contributed by atoms with Gasteiger partial charge in [0, 0.05) is 26.2 Å². The maximum absolute atomic E-state index is 12.4. The zero-order valence-corrected chi connectivity index (χ0v) is 16.7. The lowest BCUT2D eigenvalue weighted by molar-refractivity contribution is -0.171. The number of nitrogens with one attached hydrogen (secondary N) is 1. The minimum Gasteiger partial charge on any atom is -0.475 e. The van der Waals surface area contributed by atoms with E-state index in [-0.39, 0.29) is 37.7 Å². The van der Waals surface area contributed by atoms with Crippen LogP contribution in [-0.2, 0) is 14.2 Å². The molecule has 2 aliphatic heterocycles. The van der Waals surface area contributed by atoms with Crippen LogP contribution < -0.4 is 15.0 Å². The van der Waals surface area contributed by atoms with E-state index in [9.17, 15) is 9.18 Å². The van der Waals surface area contributed by atoms with Crippen LogP contribution in [0.15, 0.2) is 12.1 Å². The van der Waals surface area contributed by atoms with E-state index < -0.39 is 18.2 Å². The Morgan fingerprint density at radius 1 is 1.45 bits per heavy atom. The van der Waals surface area contributed by atoms with E-state index in [1.807, 2.05) is 0 Å². The Morgan fingerprint density at radius 3 is 2.79 bits per heavy atom. The van der Waals surface area contributed by atoms with Gasteiger partial charge in [0.25, 0.3) is 5.91 Å². The standard InChI is InChI=1S/C19H28FN3O6/c1-13(7-24)21-17(25)15-3-4-16(23-5-14(6-23)26-2)18(22-15)29-11-19(8-27-9-19)10-28-12-20/h3-4,13-14,24H,5-12H2,1-2H3,(H,21,25). The molecule has 29 heavy (non-hydrogen) atoms. The van der Waals surface area contributed by atoms with Crippen molar-refractivity contribution in [3.05, 3.63) is 17.8 Å². The molecule has 2 aliphatic rings. The minimum absolute atomic E-state index is 0.139. The molecule has 1 aromatic rings. The van der Waals surface area contributed by atoms with Crippen molar-refractivity contribution in [2.24, 2.45) is 5.41 Å². The number of hydrogen-bond donors (Lipinski definition) is 2. The summed E-state index contributed by atoms with van der Waals surface area (Å²) >= 11 is 0. The Bertz CT molecular complexity index is 697. The Kier molecular flexibility index (Phi) is 7.23. The molecule has 2 saturated heterocycles. The van der Waals surface area contributed by atoms with Crippen molar-refractivity contribution in [3.63, 3.8) is 0 Å². The molecule has 0 aliphatic carbocycles. The molecule has 0 radical (unpaired) electrons. The lowest BCUT2D eigenvalue weighted by Gasteiger charge is -2.42. The van der Waals surface area contributed by atoms with Crippen LogP contribution in [0.4, 0.5) is 10.1 Å². The third-order valence-electron chi connectivity index (χ3n) is 5.06. The maximum Gasteiger partial charge on any atom is 0.270 e. The molecule has 9 nitrogen and oxygen atoms in total. The second-order valence-corrected chi connectivity index (χ2v) is 7.58. The van der Waals surface area contributed by atoms with Gasteiger partial charge in [0.2, 0.25) is 5.88 Å². The summed E-state index contributed by atoms with van der Waals surface area (Å²) in [4.78, 5) is 18.8. The minimum atomic E-state index is -0.865. The SMILES string of the molecule is COC1CN(c2ccc(C(=O)NC(C)CO)nc2OCC2(COCF)COC2)C1. The van der Waals surface area contributed by atoms with E-state index in [0.29, 0.717) is 32.2 Å². The van der Waals surface area contributed by atoms with Crippen LogP contribution in [-0.4, -0.2) is 88.2 Å². The molecule has 0 bridgehead atoms. The predicted octanol–water partition coefficient (Wildman–Crippen LogP) is 0.366. The summed E-state index contributed by atoms with van der Waals surface area (Å²) in [7, 11) is 1.67. The zero-order valence-electron chi connectivity index (χ0n) is 16.7. The molecule has 10 heteroatoms. The van der Waals surface area contributed by atoms with Crippen molar-refractivity contribution < 1.29 is 33.2 Å². The molecule has 2 fully saturated rings. The van der Waals surface area contributed by atoms with Crippen molar-refractivity contribution in [3.8, 4) is 5.88 Å². The molecule has 1 aromatic heterocycles. The van der Waals surface area contributed by atoms with Gasteiger partial charge in [-0.1, -0.05) is 0 Å². The van der Waals surface area contributed by atoms with E-state index in [2.05, 4.69) is 15.2 Å². The van der Waals surface area contributed by atoms with Crippen molar-refractivity contribution in [1.29, 1.82) is 0 Å². The molecular formula is C19H28FN3O6. The number of aromatic nitrogens is 1. The monoisotopic (exact) mass is 413 g/mol. The number of hydrogen-bond acceptors (Lipinski definition) is 8. The largest absolute Gasteiger partial charge is 0.475 e. The first-order valence-corrected chi connectivity index (χ1v) is 9.55. The van der Waals surface area contributed by atoms with E-state index in [1.165, 1.54) is 0 Å². The van der Waals surface area contributed by atoms with Crippen LogP contribution in [0.1, 0.15) is 17.4 Å². The normalized spacial score (nSPS) is 19.2. The molecule has 1 unspecified atom stereocenters. The van der Waals surface area contributed by atoms with Gasteiger partial charge < -0.3 is 34.3 Å². The molecule has 2 N–H and O–H groups in total. The summed E-state index contributed by atoms with van der Waals surface area (Å²) in [6.07, 6.45) is 0.139. The smallest absolute Gasteiger partial charge is 0.270 e. The summed E-state index contributed by atoms with van der Waals surface area (Å²) in [5.41, 5.74) is 0.511. The molecule has 1 atom stereocenters. The van der Waals surface area contributed by atoms with E-state index in [1.54, 1.807) is 26.2 Å². The van der Waals surface area contributed by atoms with Crippen LogP contribution in [0.2, 0.25) is 0 Å². The van der Waals surface area contributed by atoms with Gasteiger partial charge in [-0.25, -0.2) is 9.37 Å². The van der Waals surface area contributed by atoms with E-state index in [0.717, 1.165) is 5.69 Å². The van der Waals surface area contributed by atoms with Crippen molar-refractivity contribution in [2.75, 3.05) is 65.0 Å². The van der Waals surface area contributed by atoms with Gasteiger partial charge in [0.15, 0.2) is 6.86 Å². The third kappa shape index (κ3) is 5.13. The third-order valence-corrected chi connectivity index (χ3v) is 5.06. The number of ether oxygens (including phenoxy) is 4. The van der Waals surface area contributed by atoms with E-state index >= 15 is 0 Å². The number of aliphatic hydroxyl groups excluding tert-OH is 1. The topological polar surface area (TPSA) is 102 Å². The van der Waals surface area contributed by atoms with Crippen LogP contribution in [0.3, 0.4) is 0 Å². The molecule has 162 valence electrons. The number of halogens is 1. The summed E-state index contributed by atoms with van der Waals surface area (Å²) < 4.78 is 33.9. The number of anilines is 1. The van der Waals surface area contributed by atoms with Crippen LogP contribution in [0, 0.1) is 5.41 Å². The van der Waals surface area contributed by atoms with Gasteiger partial charge in [-0.2, -0.15) is 0 Å². The number of pyridine rings is 1. The van der Waals surface area contributed by atoms with Crippen LogP contribution in [0.25, 0.3) is 0 Å². The number of methoxy groups -OCH3 is 1. The van der Waals surface area contributed by atoms with Gasteiger partial charge in [-0.15, -0.1) is 0 Å². The highest BCUT2D eigenvalue weighted by Gasteiger charge is 2.41. The lowest BCUT2D eigenvalue weighted by atomic mass is 9.88. The molecule has 0 saturated carbocycles. The lowest BCUT2D eigenvalue weighted by Crippen LogP contribution is -2.52. The summed E-state index contributed by atoms with van der Waals surface area (Å²) in [6, 6.07) is 3.02. The molecule has 3 heterocycles. The van der Waals surface area contributed by atoms with Gasteiger partial charge in [-0.05, 0) is 19.1 Å². The van der Waals surface area contributed by atoms with Crippen molar-refractivity contribution in [1.82, 2.24) is 10.3 Å². The van der Waals surface area contributed by atoms with E-state index in [4.69, 9.17) is 24.1 Å². The van der Waals surface area contributed by atoms with Crippen LogP contribution >= 0.6 is 0 Å². The fourth-order valence-electron chi connectivity index (χ4n) is 3.11. The van der Waals surface area contributed by atoms with Gasteiger partial charge in [-0.3, -0.25) is 4.79 Å². The fraction of sp³-hybridized carbons (Fsp3) is 0.684. The second kappa shape index (κ2) is 9.66. The Balaban J connectivity index is 1.75. The quantitative estimate of drug-likeness (QED) is 0.536. The fourth-order valence-corrected chi connectivity index (χ4v) is 3.11. The molecule has 1 amide bonds.